The number of carbonyl (C=O) groups excluding carboxylic acids is 3. The van der Waals surface area contributed by atoms with Crippen LogP contribution in [0.1, 0.15) is 65.3 Å². The van der Waals surface area contributed by atoms with Crippen LogP contribution in [0.5, 0.6) is 11.5 Å². The molecule has 5 rings (SSSR count). The van der Waals surface area contributed by atoms with E-state index in [0.717, 1.165) is 30.4 Å². The number of hydrogen-bond acceptors (Lipinski definition) is 8. The average molecular weight is 579 g/mol. The predicted octanol–water partition coefficient (Wildman–Crippen LogP) is 5.30. The molecule has 3 amide bonds. The number of rotatable bonds is 10. The van der Waals surface area contributed by atoms with Crippen LogP contribution in [0.3, 0.4) is 0 Å². The molecule has 2 heterocycles. The van der Waals surface area contributed by atoms with E-state index in [2.05, 4.69) is 15.6 Å². The maximum Gasteiger partial charge on any atom is 0.410 e. The summed E-state index contributed by atoms with van der Waals surface area (Å²) >= 11 is 1.23. The number of likely N-dealkylation sites (tertiary alicyclic amines) is 1. The second-order valence-corrected chi connectivity index (χ2v) is 11.5. The lowest BCUT2D eigenvalue weighted by molar-refractivity contribution is -0.120. The van der Waals surface area contributed by atoms with Gasteiger partial charge in [-0.15, -0.1) is 0 Å². The Kier molecular flexibility index (Phi) is 8.44. The Morgan fingerprint density at radius 2 is 1.88 bits per heavy atom. The zero-order valence-corrected chi connectivity index (χ0v) is 24.2. The van der Waals surface area contributed by atoms with E-state index in [1.807, 2.05) is 43.3 Å². The van der Waals surface area contributed by atoms with Crippen molar-refractivity contribution in [1.82, 2.24) is 15.2 Å². The highest BCUT2D eigenvalue weighted by molar-refractivity contribution is 7.16. The second kappa shape index (κ2) is 12.2. The van der Waals surface area contributed by atoms with Crippen LogP contribution in [0.2, 0.25) is 0 Å². The summed E-state index contributed by atoms with van der Waals surface area (Å²) in [6, 6.07) is 14.5. The number of methoxy groups -OCH3 is 2. The number of ether oxygens (including phenoxy) is 3. The Morgan fingerprint density at radius 1 is 1.10 bits per heavy atom. The number of amides is 3. The molecule has 2 fully saturated rings. The Hall–Kier alpha value is -4.12. The smallest absolute Gasteiger partial charge is 0.410 e. The van der Waals surface area contributed by atoms with E-state index in [4.69, 9.17) is 14.2 Å². The van der Waals surface area contributed by atoms with Gasteiger partial charge in [0.05, 0.1) is 20.3 Å². The van der Waals surface area contributed by atoms with Gasteiger partial charge in [-0.1, -0.05) is 48.6 Å². The van der Waals surface area contributed by atoms with Crippen molar-refractivity contribution in [3.8, 4) is 11.5 Å². The minimum atomic E-state index is -0.436. The van der Waals surface area contributed by atoms with Gasteiger partial charge in [-0.05, 0) is 43.4 Å². The number of anilines is 1. The van der Waals surface area contributed by atoms with E-state index in [0.29, 0.717) is 34.5 Å². The molecule has 1 aliphatic heterocycles. The van der Waals surface area contributed by atoms with Crippen LogP contribution < -0.4 is 20.1 Å². The lowest BCUT2D eigenvalue weighted by Gasteiger charge is -2.22. The van der Waals surface area contributed by atoms with Crippen LogP contribution >= 0.6 is 11.3 Å². The van der Waals surface area contributed by atoms with Gasteiger partial charge < -0.3 is 24.8 Å². The SMILES string of the molecule is COc1ccc(CNC(=O)c2nc([C@H]3CCCN3C(=O)OCc3ccccc3)sc2NC(=O)C2(C)CC2)c(OC)c1. The molecule has 1 aromatic heterocycles. The summed E-state index contributed by atoms with van der Waals surface area (Å²) in [6.45, 7) is 2.78. The van der Waals surface area contributed by atoms with Crippen molar-refractivity contribution in [3.05, 3.63) is 70.4 Å². The molecular weight excluding hydrogens is 544 g/mol. The Labute approximate surface area is 243 Å². The Morgan fingerprint density at radius 3 is 2.59 bits per heavy atom. The van der Waals surface area contributed by atoms with Gasteiger partial charge in [-0.25, -0.2) is 9.78 Å². The Balaban J connectivity index is 1.34. The maximum atomic E-state index is 13.4. The number of hydrogen-bond donors (Lipinski definition) is 2. The van der Waals surface area contributed by atoms with Crippen molar-refractivity contribution in [2.45, 2.75) is 51.8 Å². The third kappa shape index (κ3) is 6.45. The van der Waals surface area contributed by atoms with Crippen molar-refractivity contribution in [3.63, 3.8) is 0 Å². The first-order valence-electron chi connectivity index (χ1n) is 13.6. The summed E-state index contributed by atoms with van der Waals surface area (Å²) in [6.07, 6.45) is 2.63. The van der Waals surface area contributed by atoms with Crippen molar-refractivity contribution in [2.75, 3.05) is 26.1 Å². The topological polar surface area (TPSA) is 119 Å². The van der Waals surface area contributed by atoms with Crippen LogP contribution in [0.15, 0.2) is 48.5 Å². The van der Waals surface area contributed by atoms with Gasteiger partial charge in [0.25, 0.3) is 5.91 Å². The van der Waals surface area contributed by atoms with Gasteiger partial charge in [0.15, 0.2) is 5.69 Å². The summed E-state index contributed by atoms with van der Waals surface area (Å²) in [4.78, 5) is 45.7. The molecule has 0 spiro atoms. The van der Waals surface area contributed by atoms with Gasteiger partial charge in [-0.3, -0.25) is 14.5 Å². The number of carbonyl (C=O) groups is 3. The minimum absolute atomic E-state index is 0.125. The van der Waals surface area contributed by atoms with Gasteiger partial charge in [0.2, 0.25) is 5.91 Å². The lowest BCUT2D eigenvalue weighted by Crippen LogP contribution is -2.31. The number of aromatic nitrogens is 1. The van der Waals surface area contributed by atoms with Crippen molar-refractivity contribution in [1.29, 1.82) is 0 Å². The fraction of sp³-hybridized carbons (Fsp3) is 0.400. The van der Waals surface area contributed by atoms with Crippen LogP contribution in [0, 0.1) is 5.41 Å². The molecule has 41 heavy (non-hydrogen) atoms. The van der Waals surface area contributed by atoms with Crippen molar-refractivity contribution >= 4 is 34.2 Å². The first-order chi connectivity index (χ1) is 19.8. The second-order valence-electron chi connectivity index (χ2n) is 10.5. The molecule has 11 heteroatoms. The van der Waals surface area contributed by atoms with E-state index in [9.17, 15) is 14.4 Å². The third-order valence-electron chi connectivity index (χ3n) is 7.55. The van der Waals surface area contributed by atoms with E-state index >= 15 is 0 Å². The van der Waals surface area contributed by atoms with E-state index in [-0.39, 0.29) is 30.8 Å². The molecule has 0 unspecified atom stereocenters. The summed E-state index contributed by atoms with van der Waals surface area (Å²) < 4.78 is 16.3. The van der Waals surface area contributed by atoms with Crippen LogP contribution in [0.25, 0.3) is 0 Å². The normalized spacial score (nSPS) is 17.0. The van der Waals surface area contributed by atoms with E-state index in [1.54, 1.807) is 31.3 Å². The van der Waals surface area contributed by atoms with Crippen LogP contribution in [-0.4, -0.2) is 48.6 Å². The fourth-order valence-corrected chi connectivity index (χ4v) is 5.79. The molecule has 1 atom stereocenters. The highest BCUT2D eigenvalue weighted by Gasteiger charge is 2.45. The number of nitrogens with one attached hydrogen (secondary N) is 2. The molecule has 1 aliphatic carbocycles. The molecule has 3 aromatic rings. The van der Waals surface area contributed by atoms with Crippen molar-refractivity contribution in [2.24, 2.45) is 5.41 Å². The Bertz CT molecular complexity index is 1420. The highest BCUT2D eigenvalue weighted by Crippen LogP contribution is 2.46. The van der Waals surface area contributed by atoms with Gasteiger partial charge in [0.1, 0.15) is 28.1 Å². The number of benzene rings is 2. The molecule has 10 nitrogen and oxygen atoms in total. The van der Waals surface area contributed by atoms with E-state index < -0.39 is 17.4 Å². The largest absolute Gasteiger partial charge is 0.497 e. The van der Waals surface area contributed by atoms with Crippen LogP contribution in [-0.2, 0) is 22.7 Å². The maximum absolute atomic E-state index is 13.4. The van der Waals surface area contributed by atoms with Gasteiger partial charge >= 0.3 is 6.09 Å². The van der Waals surface area contributed by atoms with Crippen LogP contribution in [0.4, 0.5) is 9.80 Å². The highest BCUT2D eigenvalue weighted by atomic mass is 32.1. The summed E-state index contributed by atoms with van der Waals surface area (Å²) in [5, 5.41) is 6.81. The molecule has 1 saturated carbocycles. The molecular formula is C30H34N4O6S. The zero-order valence-electron chi connectivity index (χ0n) is 23.4. The lowest BCUT2D eigenvalue weighted by atomic mass is 10.1. The minimum Gasteiger partial charge on any atom is -0.497 e. The fourth-order valence-electron chi connectivity index (χ4n) is 4.69. The summed E-state index contributed by atoms with van der Waals surface area (Å²) in [5.41, 5.74) is 1.35. The molecule has 0 bridgehead atoms. The summed E-state index contributed by atoms with van der Waals surface area (Å²) in [7, 11) is 3.12. The third-order valence-corrected chi connectivity index (χ3v) is 8.62. The molecule has 2 aromatic carbocycles. The summed E-state index contributed by atoms with van der Waals surface area (Å²) in [5.74, 6) is 0.652. The van der Waals surface area contributed by atoms with E-state index in [1.165, 1.54) is 11.3 Å². The molecule has 2 aliphatic rings. The molecule has 0 radical (unpaired) electrons. The zero-order chi connectivity index (χ0) is 29.0. The quantitative estimate of drug-likeness (QED) is 0.335. The predicted molar refractivity (Wildman–Crippen MR) is 154 cm³/mol. The first-order valence-corrected chi connectivity index (χ1v) is 14.4. The monoisotopic (exact) mass is 578 g/mol. The average Bonchev–Trinajstić information content (AvgIpc) is 3.37. The number of nitrogens with zero attached hydrogens (tertiary/aromatic N) is 2. The van der Waals surface area contributed by atoms with Crippen molar-refractivity contribution < 1.29 is 28.6 Å². The molecule has 2 N–H and O–H groups in total. The van der Waals surface area contributed by atoms with Gasteiger partial charge in [-0.2, -0.15) is 0 Å². The van der Waals surface area contributed by atoms with Gasteiger partial charge in [0, 0.05) is 30.1 Å². The molecule has 1 saturated heterocycles. The number of thiazole rings is 1. The standard InChI is InChI=1S/C30H34N4O6S/c1-30(13-14-30)28(36)33-27-24(25(35)31-17-20-11-12-21(38-2)16-23(20)39-3)32-26(41-27)22-10-7-15-34(22)29(37)40-18-19-8-5-4-6-9-19/h4-6,8-9,11-12,16,22H,7,10,13-15,17-18H2,1-3H3,(H,31,35)(H,33,36)/t22-/m1/s1. The molecule has 216 valence electrons. The first kappa shape index (κ1) is 28.4.